The fourth-order valence-electron chi connectivity index (χ4n) is 3.53. The van der Waals surface area contributed by atoms with Gasteiger partial charge in [-0.2, -0.15) is 16.8 Å². The van der Waals surface area contributed by atoms with Crippen LogP contribution in [0.3, 0.4) is 0 Å². The second-order valence-electron chi connectivity index (χ2n) is 8.18. The Balaban J connectivity index is 2.04. The van der Waals surface area contributed by atoms with E-state index in [0.29, 0.717) is 0 Å². The summed E-state index contributed by atoms with van der Waals surface area (Å²) in [6.07, 6.45) is 2.54. The SMILES string of the molecule is CC(=O)NCC(=O)Nc1ccc(S(=O)(=O)O)c(/C=C/c2cc(N3NC(C)CC3=O)ccc2S(=O)(=O)O)c1. The Labute approximate surface area is 213 Å². The van der Waals surface area contributed by atoms with Crippen molar-refractivity contribution < 1.29 is 40.3 Å². The van der Waals surface area contributed by atoms with Gasteiger partial charge in [-0.15, -0.1) is 0 Å². The van der Waals surface area contributed by atoms with Crippen molar-refractivity contribution in [2.45, 2.75) is 36.1 Å². The smallest absolute Gasteiger partial charge is 0.295 e. The van der Waals surface area contributed by atoms with Gasteiger partial charge in [0.15, 0.2) is 0 Å². The molecule has 0 bridgehead atoms. The lowest BCUT2D eigenvalue weighted by molar-refractivity contribution is -0.122. The van der Waals surface area contributed by atoms with Gasteiger partial charge in [0.1, 0.15) is 9.79 Å². The number of nitrogens with one attached hydrogen (secondary N) is 3. The number of nitrogens with zero attached hydrogens (tertiary/aromatic N) is 1. The topological polar surface area (TPSA) is 199 Å². The van der Waals surface area contributed by atoms with Crippen molar-refractivity contribution in [3.8, 4) is 0 Å². The highest BCUT2D eigenvalue weighted by atomic mass is 32.2. The highest BCUT2D eigenvalue weighted by Gasteiger charge is 2.28. The quantitative estimate of drug-likeness (QED) is 0.233. The van der Waals surface area contributed by atoms with Crippen molar-refractivity contribution in [1.29, 1.82) is 0 Å². The first kappa shape index (κ1) is 27.9. The fraction of sp³-hybridized carbons (Fsp3) is 0.227. The van der Waals surface area contributed by atoms with Crippen LogP contribution >= 0.6 is 0 Å². The second-order valence-corrected chi connectivity index (χ2v) is 11.0. The van der Waals surface area contributed by atoms with E-state index >= 15 is 0 Å². The highest BCUT2D eigenvalue weighted by molar-refractivity contribution is 7.86. The first-order chi connectivity index (χ1) is 17.1. The van der Waals surface area contributed by atoms with Crippen LogP contribution in [0.4, 0.5) is 11.4 Å². The molecule has 37 heavy (non-hydrogen) atoms. The van der Waals surface area contributed by atoms with Crippen LogP contribution in [0.5, 0.6) is 0 Å². The van der Waals surface area contributed by atoms with Gasteiger partial charge in [0, 0.05) is 25.1 Å². The summed E-state index contributed by atoms with van der Waals surface area (Å²) in [6, 6.07) is 6.99. The van der Waals surface area contributed by atoms with Crippen LogP contribution in [0.1, 0.15) is 31.4 Å². The van der Waals surface area contributed by atoms with Crippen molar-refractivity contribution in [3.63, 3.8) is 0 Å². The monoisotopic (exact) mass is 552 g/mol. The van der Waals surface area contributed by atoms with E-state index in [2.05, 4.69) is 16.1 Å². The number of carbonyl (C=O) groups is 3. The molecule has 3 amide bonds. The molecule has 0 saturated carbocycles. The number of hydrazine groups is 1. The normalized spacial score (nSPS) is 16.3. The standard InChI is InChI=1S/C22H24N4O9S2/c1-13-9-22(29)26(25-13)18-6-8-20(37(33,34)35)16(11-18)4-3-15-10-17(5-7-19(15)36(30,31)32)24-21(28)12-23-14(2)27/h3-8,10-11,13,25H,9,12H2,1-2H3,(H,23,27)(H,24,28)(H,30,31,32)(H,33,34,35)/b4-3+. The van der Waals surface area contributed by atoms with Crippen LogP contribution in [0.2, 0.25) is 0 Å². The average molecular weight is 553 g/mol. The summed E-state index contributed by atoms with van der Waals surface area (Å²) in [4.78, 5) is 34.2. The summed E-state index contributed by atoms with van der Waals surface area (Å²) >= 11 is 0. The van der Waals surface area contributed by atoms with E-state index in [1.165, 1.54) is 42.3 Å². The van der Waals surface area contributed by atoms with Crippen molar-refractivity contribution in [1.82, 2.24) is 10.7 Å². The largest absolute Gasteiger partial charge is 0.347 e. The molecule has 198 valence electrons. The average Bonchev–Trinajstić information content (AvgIpc) is 3.12. The minimum absolute atomic E-state index is 0.0875. The lowest BCUT2D eigenvalue weighted by Gasteiger charge is -2.18. The van der Waals surface area contributed by atoms with Gasteiger partial charge in [0.2, 0.25) is 17.7 Å². The second kappa shape index (κ2) is 10.8. The molecule has 0 spiro atoms. The van der Waals surface area contributed by atoms with Crippen LogP contribution < -0.4 is 21.1 Å². The Kier molecular flexibility index (Phi) is 8.14. The van der Waals surface area contributed by atoms with Gasteiger partial charge in [0.25, 0.3) is 20.2 Å². The molecule has 15 heteroatoms. The molecule has 1 atom stereocenters. The maximum absolute atomic E-state index is 12.2. The zero-order valence-electron chi connectivity index (χ0n) is 19.6. The molecular formula is C22H24N4O9S2. The van der Waals surface area contributed by atoms with Gasteiger partial charge in [-0.05, 0) is 54.4 Å². The zero-order chi connectivity index (χ0) is 27.5. The van der Waals surface area contributed by atoms with Gasteiger partial charge >= 0.3 is 0 Å². The van der Waals surface area contributed by atoms with Crippen LogP contribution in [0.25, 0.3) is 12.2 Å². The molecule has 0 radical (unpaired) electrons. The third kappa shape index (κ3) is 7.21. The molecule has 1 heterocycles. The molecule has 2 aromatic carbocycles. The Bertz CT molecular complexity index is 1500. The van der Waals surface area contributed by atoms with Crippen LogP contribution in [0.15, 0.2) is 46.2 Å². The lowest BCUT2D eigenvalue weighted by Crippen LogP contribution is -2.36. The summed E-state index contributed by atoms with van der Waals surface area (Å²) < 4.78 is 67.0. The maximum Gasteiger partial charge on any atom is 0.295 e. The summed E-state index contributed by atoms with van der Waals surface area (Å²) in [5, 5.41) is 5.98. The Hall–Kier alpha value is -3.63. The first-order valence-electron chi connectivity index (χ1n) is 10.7. The van der Waals surface area contributed by atoms with Crippen LogP contribution in [0, 0.1) is 0 Å². The molecule has 5 N–H and O–H groups in total. The van der Waals surface area contributed by atoms with E-state index in [0.717, 1.165) is 18.2 Å². The lowest BCUT2D eigenvalue weighted by atomic mass is 10.1. The van der Waals surface area contributed by atoms with E-state index in [1.807, 2.05) is 0 Å². The van der Waals surface area contributed by atoms with Gasteiger partial charge < -0.3 is 10.6 Å². The van der Waals surface area contributed by atoms with Crippen LogP contribution in [-0.2, 0) is 34.6 Å². The minimum Gasteiger partial charge on any atom is -0.347 e. The third-order valence-corrected chi connectivity index (χ3v) is 6.98. The molecule has 3 rings (SSSR count). The number of carbonyl (C=O) groups excluding carboxylic acids is 3. The minimum atomic E-state index is -4.73. The van der Waals surface area contributed by atoms with E-state index in [-0.39, 0.29) is 47.4 Å². The molecule has 1 aliphatic heterocycles. The van der Waals surface area contributed by atoms with Gasteiger partial charge in [-0.25, -0.2) is 10.4 Å². The fourth-order valence-corrected chi connectivity index (χ4v) is 4.86. The first-order valence-corrected chi connectivity index (χ1v) is 13.6. The van der Waals surface area contributed by atoms with Crippen molar-refractivity contribution in [2.75, 3.05) is 16.9 Å². The predicted octanol–water partition coefficient (Wildman–Crippen LogP) is 1.05. The molecule has 1 saturated heterocycles. The number of hydrogen-bond acceptors (Lipinski definition) is 8. The van der Waals surface area contributed by atoms with E-state index in [4.69, 9.17) is 0 Å². The third-order valence-electron chi connectivity index (χ3n) is 5.12. The van der Waals surface area contributed by atoms with Gasteiger partial charge in [-0.3, -0.25) is 23.5 Å². The van der Waals surface area contributed by atoms with Crippen molar-refractivity contribution >= 4 is 61.5 Å². The number of hydrogen-bond donors (Lipinski definition) is 5. The maximum atomic E-state index is 12.2. The number of anilines is 2. The Morgan fingerprint density at radius 2 is 1.59 bits per heavy atom. The summed E-state index contributed by atoms with van der Waals surface area (Å²) in [5.41, 5.74) is 3.09. The summed E-state index contributed by atoms with van der Waals surface area (Å²) in [6.45, 7) is 2.67. The molecule has 1 unspecified atom stereocenters. The Morgan fingerprint density at radius 3 is 2.11 bits per heavy atom. The molecular weight excluding hydrogens is 528 g/mol. The number of amides is 3. The number of benzene rings is 2. The van der Waals surface area contributed by atoms with Crippen molar-refractivity contribution in [3.05, 3.63) is 47.5 Å². The molecule has 1 aliphatic rings. The summed E-state index contributed by atoms with van der Waals surface area (Å²) in [5.74, 6) is -1.31. The Morgan fingerprint density at radius 1 is 1.03 bits per heavy atom. The predicted molar refractivity (Wildman–Crippen MR) is 133 cm³/mol. The van der Waals surface area contributed by atoms with Gasteiger partial charge in [-0.1, -0.05) is 12.2 Å². The van der Waals surface area contributed by atoms with E-state index in [9.17, 15) is 40.3 Å². The van der Waals surface area contributed by atoms with E-state index in [1.54, 1.807) is 6.92 Å². The van der Waals surface area contributed by atoms with Gasteiger partial charge in [0.05, 0.1) is 12.2 Å². The van der Waals surface area contributed by atoms with E-state index < -0.39 is 41.8 Å². The molecule has 13 nitrogen and oxygen atoms in total. The number of rotatable bonds is 8. The molecule has 0 aliphatic carbocycles. The van der Waals surface area contributed by atoms with Crippen molar-refractivity contribution in [2.24, 2.45) is 0 Å². The molecule has 0 aromatic heterocycles. The zero-order valence-corrected chi connectivity index (χ0v) is 21.3. The van der Waals surface area contributed by atoms with Crippen LogP contribution in [-0.4, -0.2) is 56.2 Å². The molecule has 1 fully saturated rings. The summed E-state index contributed by atoms with van der Waals surface area (Å²) in [7, 11) is -9.44. The highest BCUT2D eigenvalue weighted by Crippen LogP contribution is 2.28. The molecule has 2 aromatic rings.